The number of carbonyl (C=O) groups excluding carboxylic acids is 1. The van der Waals surface area contributed by atoms with Gasteiger partial charge in [-0.1, -0.05) is 12.1 Å². The number of benzene rings is 1. The number of nitrogens with two attached hydrogens (primary N) is 1. The van der Waals surface area contributed by atoms with Crippen molar-refractivity contribution >= 4 is 41.7 Å². The molecular formula is C19H26IN5O3. The maximum atomic E-state index is 11.9. The van der Waals surface area contributed by atoms with Gasteiger partial charge in [-0.05, 0) is 36.2 Å². The number of aromatic nitrogens is 1. The molecule has 0 spiro atoms. The van der Waals surface area contributed by atoms with Crippen LogP contribution >= 0.6 is 24.0 Å². The fourth-order valence-electron chi connectivity index (χ4n) is 2.26. The summed E-state index contributed by atoms with van der Waals surface area (Å²) in [4.78, 5) is 20.3. The van der Waals surface area contributed by atoms with E-state index in [1.807, 2.05) is 31.2 Å². The largest absolute Gasteiger partial charge is 0.493 e. The fourth-order valence-corrected chi connectivity index (χ4v) is 2.26. The van der Waals surface area contributed by atoms with Crippen LogP contribution in [0.3, 0.4) is 0 Å². The number of pyridine rings is 1. The van der Waals surface area contributed by atoms with E-state index in [-0.39, 0.29) is 42.3 Å². The Bertz CT molecular complexity index is 797. The highest BCUT2D eigenvalue weighted by Crippen LogP contribution is 2.27. The number of hydrogen-bond donors (Lipinski definition) is 3. The summed E-state index contributed by atoms with van der Waals surface area (Å²) < 4.78 is 10.5. The van der Waals surface area contributed by atoms with Gasteiger partial charge in [-0.25, -0.2) is 9.98 Å². The van der Waals surface area contributed by atoms with Gasteiger partial charge < -0.3 is 25.8 Å². The molecule has 4 N–H and O–H groups in total. The zero-order valence-corrected chi connectivity index (χ0v) is 18.5. The first kappa shape index (κ1) is 23.5. The first-order valence-corrected chi connectivity index (χ1v) is 8.49. The maximum absolute atomic E-state index is 11.9. The molecule has 28 heavy (non-hydrogen) atoms. The van der Waals surface area contributed by atoms with Gasteiger partial charge in [0.2, 0.25) is 5.91 Å². The Hall–Kier alpha value is -2.56. The minimum Gasteiger partial charge on any atom is -0.493 e. The second-order valence-electron chi connectivity index (χ2n) is 5.84. The van der Waals surface area contributed by atoms with E-state index >= 15 is 0 Å². The van der Waals surface area contributed by atoms with E-state index < -0.39 is 0 Å². The smallest absolute Gasteiger partial charge is 0.227 e. The van der Waals surface area contributed by atoms with Crippen molar-refractivity contribution in [2.45, 2.75) is 19.9 Å². The zero-order valence-electron chi connectivity index (χ0n) is 16.2. The number of nitrogens with zero attached hydrogens (tertiary/aromatic N) is 2. The van der Waals surface area contributed by atoms with Crippen LogP contribution in [0.2, 0.25) is 0 Å². The van der Waals surface area contributed by atoms with Crippen LogP contribution in [0.15, 0.2) is 41.5 Å². The lowest BCUT2D eigenvalue weighted by atomic mass is 10.2. The number of rotatable bonds is 8. The molecule has 0 aliphatic heterocycles. The number of halogens is 1. The normalized spacial score (nSPS) is 10.6. The van der Waals surface area contributed by atoms with Crippen molar-refractivity contribution < 1.29 is 14.3 Å². The summed E-state index contributed by atoms with van der Waals surface area (Å²) in [6.07, 6.45) is 1.95. The highest BCUT2D eigenvalue weighted by atomic mass is 127. The lowest BCUT2D eigenvalue weighted by molar-refractivity contribution is -0.116. The molecule has 0 saturated heterocycles. The third kappa shape index (κ3) is 7.59. The lowest BCUT2D eigenvalue weighted by Crippen LogP contribution is -2.34. The number of guanidine groups is 1. The van der Waals surface area contributed by atoms with Gasteiger partial charge in [0.15, 0.2) is 17.5 Å². The van der Waals surface area contributed by atoms with Gasteiger partial charge in [0.25, 0.3) is 0 Å². The van der Waals surface area contributed by atoms with Crippen molar-refractivity contribution in [2.24, 2.45) is 10.7 Å². The van der Waals surface area contributed by atoms with Crippen molar-refractivity contribution in [1.82, 2.24) is 10.3 Å². The van der Waals surface area contributed by atoms with E-state index in [0.29, 0.717) is 30.4 Å². The van der Waals surface area contributed by atoms with Crippen molar-refractivity contribution in [1.29, 1.82) is 0 Å². The number of ether oxygens (including phenoxy) is 2. The molecule has 1 heterocycles. The summed E-state index contributed by atoms with van der Waals surface area (Å²) in [7, 11) is 3.17. The summed E-state index contributed by atoms with van der Waals surface area (Å²) in [5.41, 5.74) is 7.81. The van der Waals surface area contributed by atoms with Gasteiger partial charge in [-0.15, -0.1) is 24.0 Å². The Morgan fingerprint density at radius 3 is 2.57 bits per heavy atom. The molecule has 0 unspecified atom stereocenters. The van der Waals surface area contributed by atoms with Gasteiger partial charge in [-0.3, -0.25) is 4.79 Å². The van der Waals surface area contributed by atoms with Gasteiger partial charge in [0.05, 0.1) is 20.8 Å². The molecule has 0 aliphatic rings. The van der Waals surface area contributed by atoms with Crippen molar-refractivity contribution in [3.63, 3.8) is 0 Å². The van der Waals surface area contributed by atoms with Gasteiger partial charge in [0, 0.05) is 19.2 Å². The van der Waals surface area contributed by atoms with Gasteiger partial charge >= 0.3 is 0 Å². The van der Waals surface area contributed by atoms with Crippen LogP contribution in [0, 0.1) is 6.92 Å². The number of nitrogens with one attached hydrogen (secondary N) is 2. The van der Waals surface area contributed by atoms with E-state index in [4.69, 9.17) is 15.2 Å². The van der Waals surface area contributed by atoms with Crippen LogP contribution in [0.5, 0.6) is 11.5 Å². The van der Waals surface area contributed by atoms with Crippen LogP contribution in [-0.2, 0) is 11.3 Å². The number of aliphatic imine (C=N–C) groups is 1. The minimum absolute atomic E-state index is 0. The van der Waals surface area contributed by atoms with Crippen molar-refractivity contribution in [3.05, 3.63) is 47.7 Å². The predicted octanol–water partition coefficient (Wildman–Crippen LogP) is 2.46. The molecule has 2 aromatic rings. The second-order valence-corrected chi connectivity index (χ2v) is 5.84. The monoisotopic (exact) mass is 499 g/mol. The molecule has 0 fully saturated rings. The molecule has 0 atom stereocenters. The molecule has 0 radical (unpaired) electrons. The number of methoxy groups -OCH3 is 2. The van der Waals surface area contributed by atoms with Gasteiger partial charge in [-0.2, -0.15) is 0 Å². The molecule has 0 saturated carbocycles. The molecule has 2 rings (SSSR count). The van der Waals surface area contributed by atoms with Crippen LogP contribution < -0.4 is 25.8 Å². The average molecular weight is 499 g/mol. The molecule has 9 heteroatoms. The van der Waals surface area contributed by atoms with Crippen LogP contribution in [0.4, 0.5) is 5.82 Å². The van der Waals surface area contributed by atoms with Crippen molar-refractivity contribution in [3.8, 4) is 11.5 Å². The quantitative estimate of drug-likeness (QED) is 0.293. The van der Waals surface area contributed by atoms with E-state index in [0.717, 1.165) is 11.1 Å². The average Bonchev–Trinajstić information content (AvgIpc) is 2.67. The molecule has 1 amide bonds. The van der Waals surface area contributed by atoms with E-state index in [9.17, 15) is 4.79 Å². The minimum atomic E-state index is -0.147. The number of hydrogen-bond acceptors (Lipinski definition) is 5. The highest BCUT2D eigenvalue weighted by molar-refractivity contribution is 14.0. The Morgan fingerprint density at radius 2 is 1.93 bits per heavy atom. The topological polar surface area (TPSA) is 111 Å². The Balaban J connectivity index is 0.00000392. The van der Waals surface area contributed by atoms with Crippen LogP contribution in [0.1, 0.15) is 17.5 Å². The molecule has 0 aliphatic carbocycles. The van der Waals surface area contributed by atoms with Crippen LogP contribution in [0.25, 0.3) is 0 Å². The van der Waals surface area contributed by atoms with E-state index in [1.165, 1.54) is 0 Å². The standard InChI is InChI=1S/C19H25N5O3.HI/c1-13-4-7-17(22-11-13)24-18(25)8-9-21-19(20)23-12-14-5-6-15(26-2)16(10-14)27-3;/h4-7,10-11H,8-9,12H2,1-3H3,(H3,20,21,23)(H,22,24,25);1H. The lowest BCUT2D eigenvalue weighted by Gasteiger charge is -2.09. The summed E-state index contributed by atoms with van der Waals surface area (Å²) >= 11 is 0. The van der Waals surface area contributed by atoms with Crippen LogP contribution in [-0.4, -0.2) is 37.6 Å². The third-order valence-corrected chi connectivity index (χ3v) is 3.72. The highest BCUT2D eigenvalue weighted by Gasteiger charge is 2.05. The number of anilines is 1. The third-order valence-electron chi connectivity index (χ3n) is 3.72. The first-order valence-electron chi connectivity index (χ1n) is 8.49. The van der Waals surface area contributed by atoms with Gasteiger partial charge in [0.1, 0.15) is 5.82 Å². The summed E-state index contributed by atoms with van der Waals surface area (Å²) in [5, 5.41) is 5.65. The number of carbonyl (C=O) groups is 1. The molecular weight excluding hydrogens is 473 g/mol. The number of aryl methyl sites for hydroxylation is 1. The Morgan fingerprint density at radius 1 is 1.18 bits per heavy atom. The van der Waals surface area contributed by atoms with Crippen molar-refractivity contribution in [2.75, 3.05) is 26.1 Å². The molecule has 1 aromatic carbocycles. The first-order chi connectivity index (χ1) is 13.0. The summed E-state index contributed by atoms with van der Waals surface area (Å²) in [5.74, 6) is 1.95. The fraction of sp³-hybridized carbons (Fsp3) is 0.316. The Kier molecular flexibility index (Phi) is 10.1. The zero-order chi connectivity index (χ0) is 19.6. The summed E-state index contributed by atoms with van der Waals surface area (Å²) in [6.45, 7) is 2.70. The molecule has 152 valence electrons. The predicted molar refractivity (Wildman–Crippen MR) is 121 cm³/mol. The molecule has 0 bridgehead atoms. The van der Waals surface area contributed by atoms with E-state index in [2.05, 4.69) is 20.6 Å². The summed E-state index contributed by atoms with van der Waals surface area (Å²) in [6, 6.07) is 9.20. The Labute approximate surface area is 181 Å². The SMILES string of the molecule is COc1ccc(CN=C(N)NCCC(=O)Nc2ccc(C)cn2)cc1OC.I. The second kappa shape index (κ2) is 12.0. The molecule has 1 aromatic heterocycles. The number of amides is 1. The van der Waals surface area contributed by atoms with E-state index in [1.54, 1.807) is 26.5 Å². The molecule has 8 nitrogen and oxygen atoms in total. The maximum Gasteiger partial charge on any atom is 0.227 e.